The van der Waals surface area contributed by atoms with E-state index in [9.17, 15) is 18.5 Å². The molecule has 1 aromatic carbocycles. The summed E-state index contributed by atoms with van der Waals surface area (Å²) in [7, 11) is -3.67. The van der Waals surface area contributed by atoms with Gasteiger partial charge in [0.05, 0.1) is 21.5 Å². The molecule has 8 heteroatoms. The molecule has 0 amide bonds. The van der Waals surface area contributed by atoms with E-state index < -0.39 is 16.0 Å². The molecule has 0 saturated carbocycles. The van der Waals surface area contributed by atoms with Crippen LogP contribution in [-0.4, -0.2) is 36.2 Å². The Kier molecular flexibility index (Phi) is 6.01. The Hall–Kier alpha value is -3.15. The summed E-state index contributed by atoms with van der Waals surface area (Å²) < 4.78 is 33.8. The number of carbonyl (C=O) groups is 1. The standard InChI is InChI=1S/C21H21N3O4S/c1-3-24(4-2)29(26,27)18-9-7-8-16(12-18)21(25)28-15-17-14-23-11-6-5-10-20(23)19(17)13-22/h5-12,14H,3-4,15H2,1-2H3. The van der Waals surface area contributed by atoms with E-state index in [1.165, 1.54) is 28.6 Å². The summed E-state index contributed by atoms with van der Waals surface area (Å²) in [5.41, 5.74) is 1.89. The van der Waals surface area contributed by atoms with Crippen LogP contribution >= 0.6 is 0 Å². The second kappa shape index (κ2) is 8.47. The second-order valence-electron chi connectivity index (χ2n) is 6.33. The van der Waals surface area contributed by atoms with Crippen LogP contribution in [0.3, 0.4) is 0 Å². The molecule has 0 N–H and O–H groups in total. The van der Waals surface area contributed by atoms with E-state index in [0.717, 1.165) is 5.52 Å². The van der Waals surface area contributed by atoms with Gasteiger partial charge in [-0.25, -0.2) is 13.2 Å². The molecule has 0 unspecified atom stereocenters. The number of hydrogen-bond donors (Lipinski definition) is 0. The van der Waals surface area contributed by atoms with Crippen molar-refractivity contribution in [3.05, 3.63) is 71.5 Å². The zero-order valence-corrected chi connectivity index (χ0v) is 17.0. The summed E-state index contributed by atoms with van der Waals surface area (Å²) in [5.74, 6) is -0.652. The summed E-state index contributed by atoms with van der Waals surface area (Å²) >= 11 is 0. The number of sulfonamides is 1. The Balaban J connectivity index is 1.82. The van der Waals surface area contributed by atoms with E-state index in [-0.39, 0.29) is 17.1 Å². The van der Waals surface area contributed by atoms with Gasteiger partial charge in [-0.15, -0.1) is 0 Å². The molecular weight excluding hydrogens is 390 g/mol. The summed E-state index contributed by atoms with van der Waals surface area (Å²) in [6, 6.07) is 13.4. The van der Waals surface area contributed by atoms with Crippen molar-refractivity contribution >= 4 is 21.5 Å². The van der Waals surface area contributed by atoms with Crippen molar-refractivity contribution in [2.75, 3.05) is 13.1 Å². The van der Waals surface area contributed by atoms with Crippen molar-refractivity contribution < 1.29 is 17.9 Å². The van der Waals surface area contributed by atoms with Crippen LogP contribution < -0.4 is 0 Å². The van der Waals surface area contributed by atoms with Crippen LogP contribution in [0.2, 0.25) is 0 Å². The van der Waals surface area contributed by atoms with Gasteiger partial charge in [0.2, 0.25) is 10.0 Å². The lowest BCUT2D eigenvalue weighted by Gasteiger charge is -2.18. The van der Waals surface area contributed by atoms with E-state index in [2.05, 4.69) is 6.07 Å². The molecule has 0 fully saturated rings. The number of fused-ring (bicyclic) bond motifs is 1. The maximum Gasteiger partial charge on any atom is 0.338 e. The highest BCUT2D eigenvalue weighted by Gasteiger charge is 2.23. The van der Waals surface area contributed by atoms with Gasteiger partial charge in [0.15, 0.2) is 0 Å². The quantitative estimate of drug-likeness (QED) is 0.557. The predicted octanol–water partition coefficient (Wildman–Crippen LogP) is 3.20. The van der Waals surface area contributed by atoms with Crippen LogP contribution in [0.25, 0.3) is 5.52 Å². The first kappa shape index (κ1) is 20.6. The van der Waals surface area contributed by atoms with E-state index in [4.69, 9.17) is 4.74 Å². The van der Waals surface area contributed by atoms with Crippen molar-refractivity contribution in [3.8, 4) is 6.07 Å². The molecule has 2 heterocycles. The topological polar surface area (TPSA) is 91.9 Å². The van der Waals surface area contributed by atoms with Crippen LogP contribution in [0, 0.1) is 11.3 Å². The Morgan fingerprint density at radius 2 is 1.93 bits per heavy atom. The van der Waals surface area contributed by atoms with Gasteiger partial charge in [0.25, 0.3) is 0 Å². The van der Waals surface area contributed by atoms with E-state index in [0.29, 0.717) is 24.2 Å². The molecule has 0 aliphatic heterocycles. The third-order valence-corrected chi connectivity index (χ3v) is 6.69. The predicted molar refractivity (Wildman–Crippen MR) is 108 cm³/mol. The number of aromatic nitrogens is 1. The molecule has 0 bridgehead atoms. The fraction of sp³-hybridized carbons (Fsp3) is 0.238. The van der Waals surface area contributed by atoms with Crippen LogP contribution in [0.1, 0.15) is 35.3 Å². The Morgan fingerprint density at radius 3 is 2.62 bits per heavy atom. The SMILES string of the molecule is CCN(CC)S(=O)(=O)c1cccc(C(=O)OCc2cn3ccccc3c2C#N)c1. The lowest BCUT2D eigenvalue weighted by atomic mass is 10.2. The fourth-order valence-corrected chi connectivity index (χ4v) is 4.64. The number of pyridine rings is 1. The number of rotatable bonds is 7. The van der Waals surface area contributed by atoms with Crippen LogP contribution in [0.15, 0.2) is 59.8 Å². The molecule has 3 aromatic rings. The summed E-state index contributed by atoms with van der Waals surface area (Å²) in [6.45, 7) is 4.11. The van der Waals surface area contributed by atoms with Gasteiger partial charge in [0, 0.05) is 31.0 Å². The summed E-state index contributed by atoms with van der Waals surface area (Å²) in [6.07, 6.45) is 3.55. The molecular formula is C21H21N3O4S. The molecule has 7 nitrogen and oxygen atoms in total. The number of carbonyl (C=O) groups excluding carboxylic acids is 1. The molecule has 0 atom stereocenters. The first-order chi connectivity index (χ1) is 13.9. The van der Waals surface area contributed by atoms with Gasteiger partial charge in [-0.1, -0.05) is 26.0 Å². The smallest absolute Gasteiger partial charge is 0.338 e. The Morgan fingerprint density at radius 1 is 1.17 bits per heavy atom. The second-order valence-corrected chi connectivity index (χ2v) is 8.27. The lowest BCUT2D eigenvalue weighted by molar-refractivity contribution is 0.0472. The van der Waals surface area contributed by atoms with Gasteiger partial charge in [-0.05, 0) is 30.3 Å². The normalized spacial score (nSPS) is 11.5. The molecule has 0 spiro atoms. The number of esters is 1. The molecule has 3 rings (SSSR count). The minimum Gasteiger partial charge on any atom is -0.457 e. The Bertz CT molecular complexity index is 1190. The van der Waals surface area contributed by atoms with Crippen molar-refractivity contribution in [1.82, 2.24) is 8.71 Å². The highest BCUT2D eigenvalue weighted by Crippen LogP contribution is 2.20. The zero-order chi connectivity index (χ0) is 21.0. The highest BCUT2D eigenvalue weighted by atomic mass is 32.2. The molecule has 0 aliphatic carbocycles. The van der Waals surface area contributed by atoms with E-state index in [1.54, 1.807) is 24.4 Å². The maximum atomic E-state index is 12.7. The minimum absolute atomic E-state index is 0.0444. The Labute approximate surface area is 169 Å². The van der Waals surface area contributed by atoms with Crippen LogP contribution in [0.4, 0.5) is 0 Å². The zero-order valence-electron chi connectivity index (χ0n) is 16.2. The molecule has 2 aromatic heterocycles. The molecule has 150 valence electrons. The number of ether oxygens (including phenoxy) is 1. The first-order valence-electron chi connectivity index (χ1n) is 9.18. The highest BCUT2D eigenvalue weighted by molar-refractivity contribution is 7.89. The third kappa shape index (κ3) is 4.01. The number of hydrogen-bond acceptors (Lipinski definition) is 5. The van der Waals surface area contributed by atoms with Crippen molar-refractivity contribution in [1.29, 1.82) is 5.26 Å². The summed E-state index contributed by atoms with van der Waals surface area (Å²) in [4.78, 5) is 12.5. The van der Waals surface area contributed by atoms with Gasteiger partial charge in [-0.2, -0.15) is 9.57 Å². The average molecular weight is 411 g/mol. The van der Waals surface area contributed by atoms with Crippen LogP contribution in [-0.2, 0) is 21.4 Å². The minimum atomic E-state index is -3.67. The van der Waals surface area contributed by atoms with Gasteiger partial charge >= 0.3 is 5.97 Å². The van der Waals surface area contributed by atoms with E-state index in [1.807, 2.05) is 24.4 Å². The van der Waals surface area contributed by atoms with Gasteiger partial charge in [0.1, 0.15) is 12.7 Å². The number of benzene rings is 1. The van der Waals surface area contributed by atoms with Gasteiger partial charge in [-0.3, -0.25) is 0 Å². The number of nitriles is 1. The average Bonchev–Trinajstić information content (AvgIpc) is 3.10. The largest absolute Gasteiger partial charge is 0.457 e. The third-order valence-electron chi connectivity index (χ3n) is 4.65. The molecule has 0 aliphatic rings. The molecule has 0 saturated heterocycles. The van der Waals surface area contributed by atoms with Crippen molar-refractivity contribution in [2.45, 2.75) is 25.3 Å². The fourth-order valence-electron chi connectivity index (χ4n) is 3.14. The van der Waals surface area contributed by atoms with Gasteiger partial charge < -0.3 is 9.14 Å². The molecule has 0 radical (unpaired) electrons. The summed E-state index contributed by atoms with van der Waals surface area (Å²) in [5, 5.41) is 9.44. The van der Waals surface area contributed by atoms with Crippen molar-refractivity contribution in [2.24, 2.45) is 0 Å². The molecule has 29 heavy (non-hydrogen) atoms. The van der Waals surface area contributed by atoms with Crippen molar-refractivity contribution in [3.63, 3.8) is 0 Å². The lowest BCUT2D eigenvalue weighted by Crippen LogP contribution is -2.30. The first-order valence-corrected chi connectivity index (χ1v) is 10.6. The number of nitrogens with zero attached hydrogens (tertiary/aromatic N) is 3. The maximum absolute atomic E-state index is 12.7. The van der Waals surface area contributed by atoms with E-state index >= 15 is 0 Å². The van der Waals surface area contributed by atoms with Crippen LogP contribution in [0.5, 0.6) is 0 Å². The monoisotopic (exact) mass is 411 g/mol.